The molecular formula is C21H29BrN8O. The van der Waals surface area contributed by atoms with E-state index in [-0.39, 0.29) is 0 Å². The summed E-state index contributed by atoms with van der Waals surface area (Å²) in [5.74, 6) is 1.35. The van der Waals surface area contributed by atoms with Crippen LogP contribution in [0, 0.1) is 0 Å². The van der Waals surface area contributed by atoms with E-state index in [1.54, 1.807) is 0 Å². The quantitative estimate of drug-likeness (QED) is 0.549. The van der Waals surface area contributed by atoms with E-state index in [0.717, 1.165) is 91.7 Å². The molecule has 0 bridgehead atoms. The zero-order valence-corrected chi connectivity index (χ0v) is 19.4. The molecule has 0 aromatic carbocycles. The first-order valence-electron chi connectivity index (χ1n) is 11.0. The van der Waals surface area contributed by atoms with Gasteiger partial charge in [-0.25, -0.2) is 4.98 Å². The topological polar surface area (TPSA) is 84.5 Å². The minimum Gasteiger partial charge on any atom is -0.379 e. The van der Waals surface area contributed by atoms with Crippen molar-refractivity contribution in [2.24, 2.45) is 7.05 Å². The fraction of sp³-hybridized carbons (Fsp3) is 0.571. The number of halogens is 1. The lowest BCUT2D eigenvalue weighted by molar-refractivity contribution is 0.0398. The van der Waals surface area contributed by atoms with Crippen LogP contribution < -0.4 is 10.6 Å². The van der Waals surface area contributed by atoms with Gasteiger partial charge >= 0.3 is 0 Å². The van der Waals surface area contributed by atoms with E-state index < -0.39 is 0 Å². The van der Waals surface area contributed by atoms with Crippen LogP contribution in [0.25, 0.3) is 16.8 Å². The van der Waals surface area contributed by atoms with E-state index in [0.29, 0.717) is 5.92 Å². The van der Waals surface area contributed by atoms with Crippen LogP contribution in [-0.2, 0) is 11.8 Å². The molecular weight excluding hydrogens is 460 g/mol. The molecule has 10 heteroatoms. The second-order valence-corrected chi connectivity index (χ2v) is 9.07. The van der Waals surface area contributed by atoms with E-state index in [1.807, 2.05) is 34.8 Å². The smallest absolute Gasteiger partial charge is 0.165 e. The molecule has 1 atom stereocenters. The molecule has 2 aliphatic rings. The number of nitrogens with one attached hydrogen (secondary N) is 2. The van der Waals surface area contributed by atoms with Gasteiger partial charge in [-0.1, -0.05) is 0 Å². The molecule has 0 amide bonds. The second-order valence-electron chi connectivity index (χ2n) is 8.28. The lowest BCUT2D eigenvalue weighted by Crippen LogP contribution is -2.39. The third-order valence-corrected chi connectivity index (χ3v) is 6.92. The first-order valence-corrected chi connectivity index (χ1v) is 11.8. The van der Waals surface area contributed by atoms with Crippen molar-refractivity contribution in [1.29, 1.82) is 0 Å². The first-order chi connectivity index (χ1) is 15.2. The van der Waals surface area contributed by atoms with Crippen molar-refractivity contribution in [3.05, 3.63) is 28.8 Å². The van der Waals surface area contributed by atoms with Crippen LogP contribution in [0.3, 0.4) is 0 Å². The normalized spacial score (nSPS) is 20.4. The van der Waals surface area contributed by atoms with Crippen molar-refractivity contribution in [2.75, 3.05) is 57.8 Å². The van der Waals surface area contributed by atoms with E-state index >= 15 is 0 Å². The summed E-state index contributed by atoms with van der Waals surface area (Å²) < 4.78 is 10.2. The van der Waals surface area contributed by atoms with Crippen LogP contribution >= 0.6 is 15.9 Å². The maximum Gasteiger partial charge on any atom is 0.165 e. The molecule has 9 nitrogen and oxygen atoms in total. The van der Waals surface area contributed by atoms with Crippen LogP contribution in [0.5, 0.6) is 0 Å². The van der Waals surface area contributed by atoms with Gasteiger partial charge in [0.2, 0.25) is 0 Å². The standard InChI is InChI=1S/C21H29BrN8O/c1-28-14-16(12-25-28)17-13-26-30-20(17)27-19(15-3-2-4-23-11-15)18(22)21(30)24-5-6-29-7-9-31-10-8-29/h12-15,23-24H,2-11H2,1H3. The molecule has 2 fully saturated rings. The van der Waals surface area contributed by atoms with Crippen LogP contribution in [0.2, 0.25) is 0 Å². The minimum absolute atomic E-state index is 0.379. The highest BCUT2D eigenvalue weighted by Gasteiger charge is 2.25. The first kappa shape index (κ1) is 20.9. The average molecular weight is 489 g/mol. The average Bonchev–Trinajstić information content (AvgIpc) is 3.42. The molecule has 2 aliphatic heterocycles. The number of ether oxygens (including phenoxy) is 1. The van der Waals surface area contributed by atoms with Crippen molar-refractivity contribution in [3.63, 3.8) is 0 Å². The summed E-state index contributed by atoms with van der Waals surface area (Å²) in [6.45, 7) is 7.44. The highest BCUT2D eigenvalue weighted by Crippen LogP contribution is 2.36. The number of nitrogens with zero attached hydrogens (tertiary/aromatic N) is 6. The van der Waals surface area contributed by atoms with Crippen LogP contribution in [0.1, 0.15) is 24.5 Å². The number of hydrogen-bond donors (Lipinski definition) is 2. The van der Waals surface area contributed by atoms with E-state index in [1.165, 1.54) is 6.42 Å². The minimum atomic E-state index is 0.379. The number of fused-ring (bicyclic) bond motifs is 1. The van der Waals surface area contributed by atoms with Gasteiger partial charge in [-0.05, 0) is 35.3 Å². The van der Waals surface area contributed by atoms with Crippen molar-refractivity contribution in [2.45, 2.75) is 18.8 Å². The Morgan fingerprint density at radius 2 is 2.13 bits per heavy atom. The monoisotopic (exact) mass is 488 g/mol. The Labute approximate surface area is 190 Å². The molecule has 1 unspecified atom stereocenters. The molecule has 3 aromatic rings. The molecule has 0 aliphatic carbocycles. The van der Waals surface area contributed by atoms with Gasteiger partial charge in [-0.15, -0.1) is 0 Å². The van der Waals surface area contributed by atoms with Gasteiger partial charge in [0.05, 0.1) is 35.8 Å². The van der Waals surface area contributed by atoms with Gasteiger partial charge in [-0.2, -0.15) is 14.7 Å². The SMILES string of the molecule is Cn1cc(-c2cnn3c(NCCN4CCOCC4)c(Br)c(C4CCCNC4)nc23)cn1. The number of hydrogen-bond acceptors (Lipinski definition) is 7. The second kappa shape index (κ2) is 9.23. The number of aryl methyl sites for hydroxylation is 1. The van der Waals surface area contributed by atoms with E-state index in [2.05, 4.69) is 36.6 Å². The van der Waals surface area contributed by atoms with Gasteiger partial charge in [0.15, 0.2) is 5.65 Å². The Balaban J connectivity index is 1.50. The maximum atomic E-state index is 5.47. The predicted octanol–water partition coefficient (Wildman–Crippen LogP) is 2.10. The summed E-state index contributed by atoms with van der Waals surface area (Å²) in [7, 11) is 1.93. The number of anilines is 1. The van der Waals surface area contributed by atoms with Crippen molar-refractivity contribution >= 4 is 27.4 Å². The number of rotatable bonds is 6. The molecule has 5 heterocycles. The Morgan fingerprint density at radius 3 is 2.87 bits per heavy atom. The Morgan fingerprint density at radius 1 is 1.26 bits per heavy atom. The molecule has 0 radical (unpaired) electrons. The van der Waals surface area contributed by atoms with Crippen LogP contribution in [-0.4, -0.2) is 81.8 Å². The summed E-state index contributed by atoms with van der Waals surface area (Å²) in [5.41, 5.74) is 3.99. The molecule has 5 rings (SSSR count). The zero-order valence-electron chi connectivity index (χ0n) is 17.8. The third kappa shape index (κ3) is 4.34. The van der Waals surface area contributed by atoms with Crippen molar-refractivity contribution < 1.29 is 4.74 Å². The van der Waals surface area contributed by atoms with Gasteiger partial charge in [-0.3, -0.25) is 9.58 Å². The predicted molar refractivity (Wildman–Crippen MR) is 123 cm³/mol. The molecule has 0 spiro atoms. The molecule has 2 saturated heterocycles. The highest BCUT2D eigenvalue weighted by atomic mass is 79.9. The summed E-state index contributed by atoms with van der Waals surface area (Å²) in [6, 6.07) is 0. The molecule has 31 heavy (non-hydrogen) atoms. The molecule has 3 aromatic heterocycles. The van der Waals surface area contributed by atoms with Gasteiger partial charge in [0, 0.05) is 63.0 Å². The zero-order chi connectivity index (χ0) is 21.2. The number of aromatic nitrogens is 5. The summed E-state index contributed by atoms with van der Waals surface area (Å²) in [5, 5.41) is 16.2. The van der Waals surface area contributed by atoms with Gasteiger partial charge in [0.1, 0.15) is 5.82 Å². The lowest BCUT2D eigenvalue weighted by Gasteiger charge is -2.27. The summed E-state index contributed by atoms with van der Waals surface area (Å²) in [6.07, 6.45) is 8.07. The summed E-state index contributed by atoms with van der Waals surface area (Å²) >= 11 is 3.87. The molecule has 0 saturated carbocycles. The van der Waals surface area contributed by atoms with Crippen molar-refractivity contribution in [1.82, 2.24) is 34.6 Å². The Hall–Kier alpha value is -2.01. The van der Waals surface area contributed by atoms with Gasteiger partial charge < -0.3 is 15.4 Å². The number of piperidine rings is 1. The third-order valence-electron chi connectivity index (χ3n) is 6.14. The largest absolute Gasteiger partial charge is 0.379 e. The summed E-state index contributed by atoms with van der Waals surface area (Å²) in [4.78, 5) is 7.54. The van der Waals surface area contributed by atoms with Crippen LogP contribution in [0.4, 0.5) is 5.82 Å². The molecule has 166 valence electrons. The van der Waals surface area contributed by atoms with E-state index in [9.17, 15) is 0 Å². The Bertz CT molecular complexity index is 1040. The van der Waals surface area contributed by atoms with Crippen LogP contribution in [0.15, 0.2) is 23.1 Å². The number of morpholine rings is 1. The van der Waals surface area contributed by atoms with Crippen molar-refractivity contribution in [3.8, 4) is 11.1 Å². The van der Waals surface area contributed by atoms with Gasteiger partial charge in [0.25, 0.3) is 0 Å². The fourth-order valence-corrected chi connectivity index (χ4v) is 5.14. The maximum absolute atomic E-state index is 5.47. The fourth-order valence-electron chi connectivity index (χ4n) is 4.42. The van der Waals surface area contributed by atoms with E-state index in [4.69, 9.17) is 14.8 Å². The molecule has 2 N–H and O–H groups in total. The lowest BCUT2D eigenvalue weighted by atomic mass is 9.96. The highest BCUT2D eigenvalue weighted by molar-refractivity contribution is 9.10. The Kier molecular flexibility index (Phi) is 6.22.